The summed E-state index contributed by atoms with van der Waals surface area (Å²) in [5, 5.41) is 12.9. The largest absolute Gasteiger partial charge is 0.338 e. The molecule has 1 atom stereocenters. The Morgan fingerprint density at radius 3 is 2.44 bits per heavy atom. The molecule has 0 aliphatic carbocycles. The minimum Gasteiger partial charge on any atom is -0.338 e. The van der Waals surface area contributed by atoms with E-state index in [9.17, 15) is 9.59 Å². The first-order valence-electron chi connectivity index (χ1n) is 7.40. The van der Waals surface area contributed by atoms with Gasteiger partial charge >= 0.3 is 0 Å². The zero-order chi connectivity index (χ0) is 18.9. The highest BCUT2D eigenvalue weighted by Crippen LogP contribution is 2.09. The quantitative estimate of drug-likeness (QED) is 0.180. The van der Waals surface area contributed by atoms with Gasteiger partial charge < -0.3 is 11.1 Å². The standard InChI is InChI=1S/C18H21N3O3S/c1-18(2,19)15(17(23)21-24)20-16(22)14-10-8-13(9-11-14)7-5-3-4-6-12-25/h3-4,6,8-12,15,24-25H,19H2,1-2H3,(H,20,22)(H,21,23)/b4-3+,12-6-/t15-/m1/s1. The number of amides is 2. The Kier molecular flexibility index (Phi) is 7.95. The lowest BCUT2D eigenvalue weighted by atomic mass is 9.95. The van der Waals surface area contributed by atoms with Crippen molar-refractivity contribution in [3.8, 4) is 11.8 Å². The van der Waals surface area contributed by atoms with Crippen LogP contribution in [-0.4, -0.2) is 28.6 Å². The number of rotatable bonds is 5. The molecule has 0 heterocycles. The average molecular weight is 359 g/mol. The lowest BCUT2D eigenvalue weighted by Crippen LogP contribution is -2.61. The molecular formula is C18H21N3O3S. The summed E-state index contributed by atoms with van der Waals surface area (Å²) < 4.78 is 0. The highest BCUT2D eigenvalue weighted by molar-refractivity contribution is 7.83. The fraction of sp³-hybridized carbons (Fsp3) is 0.222. The fourth-order valence-electron chi connectivity index (χ4n) is 1.85. The molecule has 0 aromatic heterocycles. The summed E-state index contributed by atoms with van der Waals surface area (Å²) in [6.07, 6.45) is 5.17. The second-order valence-electron chi connectivity index (χ2n) is 5.75. The van der Waals surface area contributed by atoms with E-state index in [4.69, 9.17) is 10.9 Å². The van der Waals surface area contributed by atoms with Gasteiger partial charge in [0, 0.05) is 16.7 Å². The lowest BCUT2D eigenvalue weighted by molar-refractivity contribution is -0.132. The molecule has 6 nitrogen and oxygen atoms in total. The van der Waals surface area contributed by atoms with Gasteiger partial charge in [-0.25, -0.2) is 5.48 Å². The number of hydrogen-bond acceptors (Lipinski definition) is 5. The van der Waals surface area contributed by atoms with Crippen molar-refractivity contribution in [1.82, 2.24) is 10.8 Å². The van der Waals surface area contributed by atoms with Gasteiger partial charge in [-0.2, -0.15) is 12.6 Å². The van der Waals surface area contributed by atoms with E-state index in [1.54, 1.807) is 61.7 Å². The lowest BCUT2D eigenvalue weighted by Gasteiger charge is -2.29. The predicted molar refractivity (Wildman–Crippen MR) is 100 cm³/mol. The summed E-state index contributed by atoms with van der Waals surface area (Å²) in [7, 11) is 0. The first kappa shape index (κ1) is 20.5. The van der Waals surface area contributed by atoms with Crippen molar-refractivity contribution < 1.29 is 14.8 Å². The van der Waals surface area contributed by atoms with Crippen LogP contribution in [0, 0.1) is 11.8 Å². The summed E-state index contributed by atoms with van der Waals surface area (Å²) in [6, 6.07) is 5.48. The van der Waals surface area contributed by atoms with E-state index in [0.29, 0.717) is 5.56 Å². The van der Waals surface area contributed by atoms with E-state index < -0.39 is 23.4 Å². The van der Waals surface area contributed by atoms with Crippen LogP contribution in [0.5, 0.6) is 0 Å². The molecular weight excluding hydrogens is 338 g/mol. The van der Waals surface area contributed by atoms with Crippen LogP contribution in [0.3, 0.4) is 0 Å². The SMILES string of the molecule is CC(C)(N)[C@H](NC(=O)c1ccc(C#C/C=C/C=C\S)cc1)C(=O)NO. The van der Waals surface area contributed by atoms with E-state index >= 15 is 0 Å². The average Bonchev–Trinajstić information content (AvgIpc) is 2.58. The Balaban J connectivity index is 2.84. The molecule has 1 rings (SSSR count). The maximum Gasteiger partial charge on any atom is 0.267 e. The number of nitrogens with one attached hydrogen (secondary N) is 2. The molecule has 25 heavy (non-hydrogen) atoms. The van der Waals surface area contributed by atoms with Crippen LogP contribution in [0.25, 0.3) is 0 Å². The molecule has 5 N–H and O–H groups in total. The summed E-state index contributed by atoms with van der Waals surface area (Å²) >= 11 is 3.92. The normalized spacial score (nSPS) is 12.5. The van der Waals surface area contributed by atoms with Crippen LogP contribution in [0.1, 0.15) is 29.8 Å². The summed E-state index contributed by atoms with van der Waals surface area (Å²) in [5.41, 5.74) is 7.41. The molecule has 0 unspecified atom stereocenters. The van der Waals surface area contributed by atoms with Crippen molar-refractivity contribution in [1.29, 1.82) is 0 Å². The van der Waals surface area contributed by atoms with Crippen molar-refractivity contribution >= 4 is 24.4 Å². The summed E-state index contributed by atoms with van der Waals surface area (Å²) in [5.74, 6) is 4.50. The molecule has 1 aromatic carbocycles. The van der Waals surface area contributed by atoms with E-state index in [-0.39, 0.29) is 0 Å². The summed E-state index contributed by atoms with van der Waals surface area (Å²) in [6.45, 7) is 3.14. The van der Waals surface area contributed by atoms with Crippen molar-refractivity contribution in [3.05, 3.63) is 59.0 Å². The minimum absolute atomic E-state index is 0.346. The Hall–Kier alpha value is -2.53. The number of benzene rings is 1. The third kappa shape index (κ3) is 6.85. The number of nitrogens with two attached hydrogens (primary N) is 1. The van der Waals surface area contributed by atoms with Gasteiger partial charge in [-0.15, -0.1) is 0 Å². The third-order valence-electron chi connectivity index (χ3n) is 3.13. The van der Waals surface area contributed by atoms with E-state index in [1.165, 1.54) is 5.48 Å². The van der Waals surface area contributed by atoms with Crippen LogP contribution < -0.4 is 16.5 Å². The van der Waals surface area contributed by atoms with Crippen molar-refractivity contribution in [3.63, 3.8) is 0 Å². The van der Waals surface area contributed by atoms with Crippen LogP contribution in [0.4, 0.5) is 0 Å². The van der Waals surface area contributed by atoms with Crippen molar-refractivity contribution in [2.75, 3.05) is 0 Å². The highest BCUT2D eigenvalue weighted by atomic mass is 32.1. The maximum atomic E-state index is 12.3. The number of hydrogen-bond donors (Lipinski definition) is 5. The molecule has 1 aromatic rings. The Morgan fingerprint density at radius 2 is 1.92 bits per heavy atom. The van der Waals surface area contributed by atoms with Gasteiger partial charge in [-0.1, -0.05) is 24.0 Å². The molecule has 0 spiro atoms. The topological polar surface area (TPSA) is 104 Å². The molecule has 0 saturated heterocycles. The van der Waals surface area contributed by atoms with Crippen LogP contribution in [0.15, 0.2) is 47.9 Å². The minimum atomic E-state index is -1.09. The van der Waals surface area contributed by atoms with Gasteiger partial charge in [0.15, 0.2) is 0 Å². The second kappa shape index (κ2) is 9.69. The molecule has 0 aliphatic heterocycles. The van der Waals surface area contributed by atoms with Gasteiger partial charge in [0.05, 0.1) is 0 Å². The van der Waals surface area contributed by atoms with Gasteiger partial charge in [-0.3, -0.25) is 14.8 Å². The smallest absolute Gasteiger partial charge is 0.267 e. The molecule has 132 valence electrons. The molecule has 0 bridgehead atoms. The molecule has 0 aliphatic rings. The molecule has 0 fully saturated rings. The molecule has 0 saturated carbocycles. The predicted octanol–water partition coefficient (Wildman–Crippen LogP) is 1.38. The van der Waals surface area contributed by atoms with E-state index in [1.807, 2.05) is 0 Å². The van der Waals surface area contributed by atoms with Gasteiger partial charge in [-0.05, 0) is 49.6 Å². The third-order valence-corrected chi connectivity index (χ3v) is 3.30. The number of carbonyl (C=O) groups is 2. The maximum absolute atomic E-state index is 12.3. The number of hydroxylamine groups is 1. The zero-order valence-electron chi connectivity index (χ0n) is 14.0. The van der Waals surface area contributed by atoms with Crippen LogP contribution >= 0.6 is 12.6 Å². The molecule has 7 heteroatoms. The van der Waals surface area contributed by atoms with Crippen LogP contribution in [0.2, 0.25) is 0 Å². The fourth-order valence-corrected chi connectivity index (χ4v) is 1.95. The number of allylic oxidation sites excluding steroid dienone is 3. The van der Waals surface area contributed by atoms with Gasteiger partial charge in [0.2, 0.25) is 0 Å². The second-order valence-corrected chi connectivity index (χ2v) is 6.05. The van der Waals surface area contributed by atoms with Crippen LogP contribution in [-0.2, 0) is 4.79 Å². The first-order chi connectivity index (χ1) is 11.8. The molecule has 2 amide bonds. The Bertz CT molecular complexity index is 723. The zero-order valence-corrected chi connectivity index (χ0v) is 14.9. The van der Waals surface area contributed by atoms with E-state index in [2.05, 4.69) is 29.8 Å². The first-order valence-corrected chi connectivity index (χ1v) is 7.92. The van der Waals surface area contributed by atoms with Gasteiger partial charge in [0.25, 0.3) is 11.8 Å². The highest BCUT2D eigenvalue weighted by Gasteiger charge is 2.33. The molecule has 0 radical (unpaired) electrons. The Labute approximate surface area is 152 Å². The number of carbonyl (C=O) groups excluding carboxylic acids is 2. The summed E-state index contributed by atoms with van der Waals surface area (Å²) in [4.78, 5) is 24.0. The Morgan fingerprint density at radius 1 is 1.28 bits per heavy atom. The van der Waals surface area contributed by atoms with Gasteiger partial charge in [0.1, 0.15) is 6.04 Å². The monoisotopic (exact) mass is 359 g/mol. The van der Waals surface area contributed by atoms with Crippen molar-refractivity contribution in [2.24, 2.45) is 5.73 Å². The van der Waals surface area contributed by atoms with Crippen molar-refractivity contribution in [2.45, 2.75) is 25.4 Å². The number of thiol groups is 1. The van der Waals surface area contributed by atoms with E-state index in [0.717, 1.165) is 5.56 Å².